The van der Waals surface area contributed by atoms with Crippen LogP contribution in [0, 0.1) is 6.92 Å². The van der Waals surface area contributed by atoms with Gasteiger partial charge in [-0.2, -0.15) is 0 Å². The smallest absolute Gasteiger partial charge is 0.171 e. The molecule has 21 heavy (non-hydrogen) atoms. The van der Waals surface area contributed by atoms with Gasteiger partial charge in [0.05, 0.1) is 6.61 Å². The van der Waals surface area contributed by atoms with E-state index in [0.717, 1.165) is 17.0 Å². The molecule has 110 valence electrons. The number of benzene rings is 2. The van der Waals surface area contributed by atoms with Crippen LogP contribution >= 0.6 is 12.2 Å². The first-order valence-corrected chi connectivity index (χ1v) is 7.41. The Kier molecular flexibility index (Phi) is 5.58. The van der Waals surface area contributed by atoms with Gasteiger partial charge in [-0.15, -0.1) is 0 Å². The Morgan fingerprint density at radius 1 is 1.14 bits per heavy atom. The summed E-state index contributed by atoms with van der Waals surface area (Å²) in [5.41, 5.74) is 3.35. The van der Waals surface area contributed by atoms with Crippen molar-refractivity contribution in [3.05, 3.63) is 59.7 Å². The van der Waals surface area contributed by atoms with E-state index in [1.165, 1.54) is 5.56 Å². The fraction of sp³-hybridized carbons (Fsp3) is 0.235. The summed E-state index contributed by atoms with van der Waals surface area (Å²) in [4.78, 5) is 0. The van der Waals surface area contributed by atoms with Crippen LogP contribution in [0.5, 0.6) is 5.75 Å². The van der Waals surface area contributed by atoms with Crippen molar-refractivity contribution in [2.24, 2.45) is 0 Å². The van der Waals surface area contributed by atoms with Crippen LogP contribution in [0.3, 0.4) is 0 Å². The Morgan fingerprint density at radius 3 is 2.62 bits per heavy atom. The van der Waals surface area contributed by atoms with E-state index in [1.807, 2.05) is 43.3 Å². The van der Waals surface area contributed by atoms with Gasteiger partial charge in [-0.3, -0.25) is 0 Å². The largest absolute Gasteiger partial charge is 0.494 e. The first-order chi connectivity index (χ1) is 10.2. The second-order valence-corrected chi connectivity index (χ2v) is 5.16. The third-order valence-electron chi connectivity index (χ3n) is 2.97. The van der Waals surface area contributed by atoms with Crippen LogP contribution in [0.4, 0.5) is 5.69 Å². The van der Waals surface area contributed by atoms with Gasteiger partial charge in [0.2, 0.25) is 0 Å². The number of hydrogen-bond donors (Lipinski definition) is 2. The van der Waals surface area contributed by atoms with Gasteiger partial charge in [0, 0.05) is 12.2 Å². The van der Waals surface area contributed by atoms with Gasteiger partial charge in [-0.1, -0.05) is 29.8 Å². The lowest BCUT2D eigenvalue weighted by Crippen LogP contribution is -2.27. The second kappa shape index (κ2) is 7.64. The summed E-state index contributed by atoms with van der Waals surface area (Å²) < 4.78 is 5.48. The highest BCUT2D eigenvalue weighted by atomic mass is 32.1. The van der Waals surface area contributed by atoms with E-state index in [9.17, 15) is 0 Å². The predicted octanol–water partition coefficient (Wildman–Crippen LogP) is 3.88. The molecule has 0 heterocycles. The van der Waals surface area contributed by atoms with Crippen molar-refractivity contribution in [3.63, 3.8) is 0 Å². The first kappa shape index (κ1) is 15.3. The minimum atomic E-state index is 0.612. The summed E-state index contributed by atoms with van der Waals surface area (Å²) in [6.07, 6.45) is 0. The Morgan fingerprint density at radius 2 is 1.90 bits per heavy atom. The van der Waals surface area contributed by atoms with Crippen molar-refractivity contribution < 1.29 is 4.74 Å². The van der Waals surface area contributed by atoms with Gasteiger partial charge in [0.25, 0.3) is 0 Å². The van der Waals surface area contributed by atoms with E-state index in [2.05, 4.69) is 29.7 Å². The number of hydrogen-bond acceptors (Lipinski definition) is 2. The van der Waals surface area contributed by atoms with Crippen LogP contribution < -0.4 is 15.4 Å². The van der Waals surface area contributed by atoms with Crippen LogP contribution in [0.15, 0.2) is 48.5 Å². The van der Waals surface area contributed by atoms with Crippen LogP contribution in [-0.2, 0) is 6.54 Å². The van der Waals surface area contributed by atoms with Crippen LogP contribution in [-0.4, -0.2) is 11.7 Å². The third-order valence-corrected chi connectivity index (χ3v) is 3.22. The predicted molar refractivity (Wildman–Crippen MR) is 91.9 cm³/mol. The molecule has 0 spiro atoms. The molecule has 0 aliphatic rings. The fourth-order valence-electron chi connectivity index (χ4n) is 1.91. The molecule has 0 aromatic heterocycles. The number of nitrogens with one attached hydrogen (secondary N) is 2. The molecule has 0 aliphatic heterocycles. The van der Waals surface area contributed by atoms with Gasteiger partial charge in [-0.05, 0) is 55.9 Å². The van der Waals surface area contributed by atoms with Gasteiger partial charge >= 0.3 is 0 Å². The molecule has 4 heteroatoms. The highest BCUT2D eigenvalue weighted by Crippen LogP contribution is 2.13. The van der Waals surface area contributed by atoms with E-state index in [0.29, 0.717) is 18.3 Å². The van der Waals surface area contributed by atoms with E-state index >= 15 is 0 Å². The number of aryl methyl sites for hydroxylation is 1. The lowest BCUT2D eigenvalue weighted by Gasteiger charge is -2.11. The van der Waals surface area contributed by atoms with Gasteiger partial charge in [0.15, 0.2) is 5.11 Å². The summed E-state index contributed by atoms with van der Waals surface area (Å²) in [6, 6.07) is 16.1. The van der Waals surface area contributed by atoms with E-state index in [-0.39, 0.29) is 0 Å². The lowest BCUT2D eigenvalue weighted by molar-refractivity contribution is 0.340. The normalized spacial score (nSPS) is 10.0. The monoisotopic (exact) mass is 300 g/mol. The maximum absolute atomic E-state index is 5.48. The topological polar surface area (TPSA) is 33.3 Å². The molecule has 0 bridgehead atoms. The Hall–Kier alpha value is -2.07. The molecule has 0 aliphatic carbocycles. The maximum atomic E-state index is 5.48. The molecule has 0 atom stereocenters. The minimum Gasteiger partial charge on any atom is -0.494 e. The molecule has 2 aromatic rings. The molecule has 0 saturated heterocycles. The third kappa shape index (κ3) is 5.08. The van der Waals surface area contributed by atoms with E-state index in [1.54, 1.807) is 0 Å². The van der Waals surface area contributed by atoms with Gasteiger partial charge in [0.1, 0.15) is 5.75 Å². The van der Waals surface area contributed by atoms with Crippen molar-refractivity contribution in [1.82, 2.24) is 5.32 Å². The molecule has 0 amide bonds. The number of rotatable bonds is 5. The van der Waals surface area contributed by atoms with Crippen molar-refractivity contribution in [2.45, 2.75) is 20.4 Å². The van der Waals surface area contributed by atoms with Crippen LogP contribution in [0.25, 0.3) is 0 Å². The van der Waals surface area contributed by atoms with Crippen molar-refractivity contribution in [2.75, 3.05) is 11.9 Å². The second-order valence-electron chi connectivity index (χ2n) is 4.75. The van der Waals surface area contributed by atoms with Crippen LogP contribution in [0.1, 0.15) is 18.1 Å². The number of anilines is 1. The zero-order valence-corrected chi connectivity index (χ0v) is 13.2. The average molecular weight is 300 g/mol. The zero-order valence-electron chi connectivity index (χ0n) is 12.3. The standard InChI is InChI=1S/C17H20N2OS/c1-3-20-16-6-4-5-14(11-16)12-18-17(21)19-15-9-7-13(2)8-10-15/h4-11H,3,12H2,1-2H3,(H2,18,19,21). The van der Waals surface area contributed by atoms with Crippen LogP contribution in [0.2, 0.25) is 0 Å². The summed E-state index contributed by atoms with van der Waals surface area (Å²) in [7, 11) is 0. The lowest BCUT2D eigenvalue weighted by atomic mass is 10.2. The molecule has 2 aromatic carbocycles. The highest BCUT2D eigenvalue weighted by Gasteiger charge is 2.00. The fourth-order valence-corrected chi connectivity index (χ4v) is 2.10. The average Bonchev–Trinajstić information content (AvgIpc) is 2.48. The molecule has 0 saturated carbocycles. The summed E-state index contributed by atoms with van der Waals surface area (Å²) in [5, 5.41) is 6.98. The molecule has 2 rings (SSSR count). The molecule has 2 N–H and O–H groups in total. The van der Waals surface area contributed by atoms with Gasteiger partial charge < -0.3 is 15.4 Å². The molecular weight excluding hydrogens is 280 g/mol. The quantitative estimate of drug-likeness (QED) is 0.821. The molecule has 3 nitrogen and oxygen atoms in total. The van der Waals surface area contributed by atoms with Crippen molar-refractivity contribution in [3.8, 4) is 5.75 Å². The Bertz CT molecular complexity index is 596. The molecule has 0 unspecified atom stereocenters. The molecule has 0 radical (unpaired) electrons. The molecule has 0 fully saturated rings. The Labute approximate surface area is 131 Å². The number of ether oxygens (including phenoxy) is 1. The number of thiocarbonyl (C=S) groups is 1. The Balaban J connectivity index is 1.86. The van der Waals surface area contributed by atoms with E-state index < -0.39 is 0 Å². The minimum absolute atomic E-state index is 0.612. The first-order valence-electron chi connectivity index (χ1n) is 7.00. The van der Waals surface area contributed by atoms with Crippen molar-refractivity contribution >= 4 is 23.0 Å². The zero-order chi connectivity index (χ0) is 15.1. The summed E-state index contributed by atoms with van der Waals surface area (Å²) in [5.74, 6) is 0.884. The molecular formula is C17H20N2OS. The summed E-state index contributed by atoms with van der Waals surface area (Å²) in [6.45, 7) is 5.38. The maximum Gasteiger partial charge on any atom is 0.171 e. The summed E-state index contributed by atoms with van der Waals surface area (Å²) >= 11 is 5.30. The van der Waals surface area contributed by atoms with Gasteiger partial charge in [-0.25, -0.2) is 0 Å². The SMILES string of the molecule is CCOc1cccc(CNC(=S)Nc2ccc(C)cc2)c1. The highest BCUT2D eigenvalue weighted by molar-refractivity contribution is 7.80. The van der Waals surface area contributed by atoms with E-state index in [4.69, 9.17) is 17.0 Å². The van der Waals surface area contributed by atoms with Crippen molar-refractivity contribution in [1.29, 1.82) is 0 Å².